The number of hydrogen-bond donors (Lipinski definition) is 1. The van der Waals surface area contributed by atoms with E-state index in [2.05, 4.69) is 26.3 Å². The van der Waals surface area contributed by atoms with Crippen LogP contribution >= 0.6 is 34.4 Å². The fourth-order valence-corrected chi connectivity index (χ4v) is 4.54. The standard InChI is InChI=1S/C15H16N4OS3/c1-8-4-11-14(16-7-17-15(11)23-8)22-6-13(20)18-9(2)12-5-21-10(3)19-12/h4-5,7,9H,6H2,1-3H3,(H,18,20)/t9-/m0/s1. The highest BCUT2D eigenvalue weighted by Gasteiger charge is 2.14. The summed E-state index contributed by atoms with van der Waals surface area (Å²) in [5.74, 6) is 0.306. The number of aryl methyl sites for hydroxylation is 2. The first-order valence-electron chi connectivity index (χ1n) is 7.08. The molecule has 0 aromatic carbocycles. The Kier molecular flexibility index (Phi) is 4.93. The monoisotopic (exact) mass is 364 g/mol. The molecule has 0 saturated carbocycles. The van der Waals surface area contributed by atoms with Crippen LogP contribution in [0.25, 0.3) is 10.2 Å². The van der Waals surface area contributed by atoms with Crippen LogP contribution in [-0.2, 0) is 4.79 Å². The van der Waals surface area contributed by atoms with E-state index in [1.807, 2.05) is 26.2 Å². The first kappa shape index (κ1) is 16.4. The zero-order chi connectivity index (χ0) is 16.4. The number of thioether (sulfide) groups is 1. The van der Waals surface area contributed by atoms with Crippen molar-refractivity contribution in [3.8, 4) is 0 Å². The highest BCUT2D eigenvalue weighted by molar-refractivity contribution is 8.00. The van der Waals surface area contributed by atoms with Gasteiger partial charge in [-0.15, -0.1) is 22.7 Å². The van der Waals surface area contributed by atoms with E-state index in [9.17, 15) is 4.79 Å². The van der Waals surface area contributed by atoms with Gasteiger partial charge in [0.1, 0.15) is 16.2 Å². The van der Waals surface area contributed by atoms with Gasteiger partial charge >= 0.3 is 0 Å². The van der Waals surface area contributed by atoms with Crippen LogP contribution in [0.3, 0.4) is 0 Å². The van der Waals surface area contributed by atoms with Gasteiger partial charge in [-0.1, -0.05) is 11.8 Å². The summed E-state index contributed by atoms with van der Waals surface area (Å²) in [6, 6.07) is 1.99. The summed E-state index contributed by atoms with van der Waals surface area (Å²) in [6.07, 6.45) is 1.55. The average molecular weight is 365 g/mol. The van der Waals surface area contributed by atoms with E-state index < -0.39 is 0 Å². The number of amides is 1. The summed E-state index contributed by atoms with van der Waals surface area (Å²) in [6.45, 7) is 5.95. The molecule has 0 radical (unpaired) electrons. The van der Waals surface area contributed by atoms with Crippen LogP contribution in [-0.4, -0.2) is 26.6 Å². The van der Waals surface area contributed by atoms with Crippen LogP contribution in [0.1, 0.15) is 28.5 Å². The maximum absolute atomic E-state index is 12.2. The highest BCUT2D eigenvalue weighted by atomic mass is 32.2. The number of carbonyl (C=O) groups excluding carboxylic acids is 1. The van der Waals surface area contributed by atoms with Crippen molar-refractivity contribution in [2.24, 2.45) is 0 Å². The summed E-state index contributed by atoms with van der Waals surface area (Å²) in [4.78, 5) is 27.3. The maximum atomic E-state index is 12.2. The van der Waals surface area contributed by atoms with Crippen molar-refractivity contribution in [3.63, 3.8) is 0 Å². The zero-order valence-electron chi connectivity index (χ0n) is 13.0. The lowest BCUT2D eigenvalue weighted by molar-refractivity contribution is -0.119. The van der Waals surface area contributed by atoms with Crippen LogP contribution in [0.2, 0.25) is 0 Å². The Hall–Kier alpha value is -1.51. The number of thiophene rings is 1. The molecule has 1 N–H and O–H groups in total. The smallest absolute Gasteiger partial charge is 0.230 e. The molecular weight excluding hydrogens is 348 g/mol. The fraction of sp³-hybridized carbons (Fsp3) is 0.333. The maximum Gasteiger partial charge on any atom is 0.230 e. The van der Waals surface area contributed by atoms with E-state index in [1.165, 1.54) is 16.6 Å². The van der Waals surface area contributed by atoms with Crippen molar-refractivity contribution < 1.29 is 4.79 Å². The summed E-state index contributed by atoms with van der Waals surface area (Å²) in [5.41, 5.74) is 0.906. The molecule has 1 amide bonds. The van der Waals surface area contributed by atoms with Crippen LogP contribution in [0.15, 0.2) is 22.8 Å². The molecular formula is C15H16N4OS3. The van der Waals surface area contributed by atoms with Gasteiger partial charge < -0.3 is 5.32 Å². The molecule has 3 rings (SSSR count). The fourth-order valence-electron chi connectivity index (χ4n) is 2.14. The van der Waals surface area contributed by atoms with E-state index in [0.29, 0.717) is 5.75 Å². The molecule has 3 aromatic rings. The second-order valence-corrected chi connectivity index (χ2v) is 8.39. The van der Waals surface area contributed by atoms with Crippen molar-refractivity contribution in [2.75, 3.05) is 5.75 Å². The number of carbonyl (C=O) groups is 1. The zero-order valence-corrected chi connectivity index (χ0v) is 15.4. The third-order valence-electron chi connectivity index (χ3n) is 3.21. The van der Waals surface area contributed by atoms with Gasteiger partial charge in [-0.05, 0) is 26.8 Å². The third kappa shape index (κ3) is 3.88. The molecule has 3 heterocycles. The largest absolute Gasteiger partial charge is 0.347 e. The van der Waals surface area contributed by atoms with Crippen molar-refractivity contribution in [1.29, 1.82) is 0 Å². The molecule has 0 saturated heterocycles. The van der Waals surface area contributed by atoms with E-state index in [4.69, 9.17) is 0 Å². The van der Waals surface area contributed by atoms with Gasteiger partial charge in [-0.2, -0.15) is 0 Å². The van der Waals surface area contributed by atoms with E-state index >= 15 is 0 Å². The lowest BCUT2D eigenvalue weighted by Gasteiger charge is -2.11. The lowest BCUT2D eigenvalue weighted by Crippen LogP contribution is -2.28. The van der Waals surface area contributed by atoms with Gasteiger partial charge in [0.05, 0.1) is 22.5 Å². The van der Waals surface area contributed by atoms with E-state index in [0.717, 1.165) is 25.9 Å². The van der Waals surface area contributed by atoms with Crippen LogP contribution in [0.5, 0.6) is 0 Å². The quantitative estimate of drug-likeness (QED) is 0.552. The predicted molar refractivity (Wildman–Crippen MR) is 96.3 cm³/mol. The minimum absolute atomic E-state index is 0.0214. The number of thiazole rings is 1. The molecule has 0 spiro atoms. The second kappa shape index (κ2) is 6.94. The molecule has 0 bridgehead atoms. The lowest BCUT2D eigenvalue weighted by atomic mass is 10.2. The molecule has 0 aliphatic carbocycles. The summed E-state index contributed by atoms with van der Waals surface area (Å²) >= 11 is 4.67. The van der Waals surface area contributed by atoms with Gasteiger partial charge in [0.15, 0.2) is 0 Å². The first-order valence-corrected chi connectivity index (χ1v) is 9.76. The molecule has 1 atom stereocenters. The minimum atomic E-state index is -0.0816. The van der Waals surface area contributed by atoms with Gasteiger partial charge in [-0.3, -0.25) is 4.79 Å². The first-order chi connectivity index (χ1) is 11.0. The number of fused-ring (bicyclic) bond motifs is 1. The molecule has 8 heteroatoms. The van der Waals surface area contributed by atoms with Gasteiger partial charge in [0, 0.05) is 15.6 Å². The normalized spacial score (nSPS) is 12.5. The Balaban J connectivity index is 1.62. The molecule has 0 aliphatic rings. The SMILES string of the molecule is Cc1cc2c(SCC(=O)N[C@@H](C)c3csc(C)n3)ncnc2s1. The Morgan fingerprint density at radius 2 is 2.22 bits per heavy atom. The van der Waals surface area contributed by atoms with Crippen LogP contribution in [0, 0.1) is 13.8 Å². The van der Waals surface area contributed by atoms with Crippen molar-refractivity contribution in [3.05, 3.63) is 33.4 Å². The summed E-state index contributed by atoms with van der Waals surface area (Å²) in [7, 11) is 0. The second-order valence-electron chi connectivity index (χ2n) is 5.12. The number of nitrogens with one attached hydrogen (secondary N) is 1. The van der Waals surface area contributed by atoms with E-state index in [1.54, 1.807) is 29.0 Å². The Labute approximate surface area is 146 Å². The van der Waals surface area contributed by atoms with Crippen molar-refractivity contribution in [1.82, 2.24) is 20.3 Å². The molecule has 3 aromatic heterocycles. The van der Waals surface area contributed by atoms with Crippen molar-refractivity contribution in [2.45, 2.75) is 31.8 Å². The number of rotatable bonds is 5. The van der Waals surface area contributed by atoms with Crippen molar-refractivity contribution >= 4 is 50.6 Å². The molecule has 5 nitrogen and oxygen atoms in total. The van der Waals surface area contributed by atoms with Crippen LogP contribution < -0.4 is 5.32 Å². The minimum Gasteiger partial charge on any atom is -0.347 e. The average Bonchev–Trinajstić information content (AvgIpc) is 3.10. The van der Waals surface area contributed by atoms with E-state index in [-0.39, 0.29) is 11.9 Å². The highest BCUT2D eigenvalue weighted by Crippen LogP contribution is 2.30. The third-order valence-corrected chi connectivity index (χ3v) is 5.97. The van der Waals surface area contributed by atoms with Gasteiger partial charge in [0.2, 0.25) is 5.91 Å². The molecule has 0 fully saturated rings. The predicted octanol–water partition coefficient (Wildman–Crippen LogP) is 3.73. The Bertz CT molecular complexity index is 842. The Morgan fingerprint density at radius 1 is 1.39 bits per heavy atom. The summed E-state index contributed by atoms with van der Waals surface area (Å²) < 4.78 is 0. The van der Waals surface area contributed by atoms with Gasteiger partial charge in [-0.25, -0.2) is 15.0 Å². The van der Waals surface area contributed by atoms with Gasteiger partial charge in [0.25, 0.3) is 0 Å². The number of aromatic nitrogens is 3. The number of hydrogen-bond acceptors (Lipinski definition) is 7. The van der Waals surface area contributed by atoms with Crippen LogP contribution in [0.4, 0.5) is 0 Å². The molecule has 23 heavy (non-hydrogen) atoms. The molecule has 0 unspecified atom stereocenters. The Morgan fingerprint density at radius 3 is 2.96 bits per heavy atom. The molecule has 120 valence electrons. The molecule has 0 aliphatic heterocycles. The number of nitrogens with zero attached hydrogens (tertiary/aromatic N) is 3. The topological polar surface area (TPSA) is 67.8 Å². The summed E-state index contributed by atoms with van der Waals surface area (Å²) in [5, 5.41) is 7.84.